The second kappa shape index (κ2) is 8.14. The molecule has 0 aliphatic heterocycles. The third-order valence-corrected chi connectivity index (χ3v) is 2.77. The third-order valence-electron chi connectivity index (χ3n) is 2.77. The monoisotopic (exact) mass is 222 g/mol. The van der Waals surface area contributed by atoms with E-state index in [1.54, 1.807) is 6.07 Å². The lowest BCUT2D eigenvalue weighted by Crippen LogP contribution is -1.98. The summed E-state index contributed by atoms with van der Waals surface area (Å²) in [5, 5.41) is 0. The van der Waals surface area contributed by atoms with E-state index in [-0.39, 0.29) is 5.63 Å². The van der Waals surface area contributed by atoms with Crippen LogP contribution in [0.5, 0.6) is 0 Å². The second-order valence-electron chi connectivity index (χ2n) is 4.28. The molecule has 0 spiro atoms. The van der Waals surface area contributed by atoms with Crippen molar-refractivity contribution in [1.29, 1.82) is 0 Å². The fourth-order valence-corrected chi connectivity index (χ4v) is 1.82. The van der Waals surface area contributed by atoms with E-state index in [4.69, 9.17) is 4.42 Å². The van der Waals surface area contributed by atoms with Gasteiger partial charge in [-0.25, -0.2) is 4.79 Å². The highest BCUT2D eigenvalue weighted by atomic mass is 16.4. The molecule has 90 valence electrons. The predicted molar refractivity (Wildman–Crippen MR) is 66.7 cm³/mol. The molecule has 16 heavy (non-hydrogen) atoms. The summed E-state index contributed by atoms with van der Waals surface area (Å²) in [6, 6.07) is 5.11. The Hall–Kier alpha value is -1.05. The van der Waals surface area contributed by atoms with E-state index in [1.165, 1.54) is 44.6 Å². The molecule has 2 nitrogen and oxygen atoms in total. The number of rotatable bonds is 8. The molecule has 1 heterocycles. The van der Waals surface area contributed by atoms with Gasteiger partial charge < -0.3 is 4.42 Å². The Labute approximate surface area is 97.7 Å². The first-order valence-corrected chi connectivity index (χ1v) is 6.42. The summed E-state index contributed by atoms with van der Waals surface area (Å²) < 4.78 is 5.07. The van der Waals surface area contributed by atoms with E-state index < -0.39 is 0 Å². The van der Waals surface area contributed by atoms with Crippen LogP contribution in [-0.4, -0.2) is 0 Å². The smallest absolute Gasteiger partial charge is 0.335 e. The molecule has 0 atom stereocenters. The van der Waals surface area contributed by atoms with Crippen molar-refractivity contribution in [3.8, 4) is 0 Å². The Morgan fingerprint density at radius 1 is 1.00 bits per heavy atom. The third kappa shape index (κ3) is 5.74. The highest BCUT2D eigenvalue weighted by Gasteiger charge is 1.96. The van der Waals surface area contributed by atoms with Crippen molar-refractivity contribution in [3.63, 3.8) is 0 Å². The van der Waals surface area contributed by atoms with Gasteiger partial charge in [-0.05, 0) is 12.5 Å². The van der Waals surface area contributed by atoms with E-state index in [2.05, 4.69) is 6.92 Å². The highest BCUT2D eigenvalue weighted by Crippen LogP contribution is 2.09. The fourth-order valence-electron chi connectivity index (χ4n) is 1.82. The topological polar surface area (TPSA) is 30.2 Å². The molecule has 0 aliphatic rings. The Morgan fingerprint density at radius 2 is 1.69 bits per heavy atom. The quantitative estimate of drug-likeness (QED) is 0.624. The van der Waals surface area contributed by atoms with E-state index in [9.17, 15) is 4.79 Å². The van der Waals surface area contributed by atoms with Crippen LogP contribution in [0.1, 0.15) is 57.6 Å². The zero-order valence-corrected chi connectivity index (χ0v) is 10.2. The second-order valence-corrected chi connectivity index (χ2v) is 4.28. The van der Waals surface area contributed by atoms with Crippen molar-refractivity contribution in [3.05, 3.63) is 34.4 Å². The molecular weight excluding hydrogens is 200 g/mol. The molecule has 1 rings (SSSR count). The van der Waals surface area contributed by atoms with Gasteiger partial charge in [0.15, 0.2) is 0 Å². The summed E-state index contributed by atoms with van der Waals surface area (Å²) in [7, 11) is 0. The molecule has 0 amide bonds. The van der Waals surface area contributed by atoms with Crippen LogP contribution in [0, 0.1) is 0 Å². The van der Waals surface area contributed by atoms with Gasteiger partial charge in [0.25, 0.3) is 0 Å². The van der Waals surface area contributed by atoms with Gasteiger partial charge in [0.1, 0.15) is 5.76 Å². The summed E-state index contributed by atoms with van der Waals surface area (Å²) in [5.41, 5.74) is -0.236. The minimum absolute atomic E-state index is 0.236. The summed E-state index contributed by atoms with van der Waals surface area (Å²) in [6.07, 6.45) is 9.91. The molecule has 0 saturated carbocycles. The first-order chi connectivity index (χ1) is 7.83. The van der Waals surface area contributed by atoms with Gasteiger partial charge in [-0.1, -0.05) is 51.5 Å². The van der Waals surface area contributed by atoms with Crippen LogP contribution in [-0.2, 0) is 6.42 Å². The van der Waals surface area contributed by atoms with Gasteiger partial charge in [-0.15, -0.1) is 0 Å². The van der Waals surface area contributed by atoms with Crippen LogP contribution in [0.15, 0.2) is 27.4 Å². The average molecular weight is 222 g/mol. The van der Waals surface area contributed by atoms with E-state index in [0.717, 1.165) is 18.6 Å². The lowest BCUT2D eigenvalue weighted by Gasteiger charge is -2.00. The van der Waals surface area contributed by atoms with Crippen molar-refractivity contribution in [2.24, 2.45) is 0 Å². The normalized spacial score (nSPS) is 10.6. The number of aryl methyl sites for hydroxylation is 1. The fraction of sp³-hybridized carbons (Fsp3) is 0.643. The number of unbranched alkanes of at least 4 members (excludes halogenated alkanes) is 6. The van der Waals surface area contributed by atoms with Gasteiger partial charge in [-0.3, -0.25) is 0 Å². The van der Waals surface area contributed by atoms with Crippen LogP contribution >= 0.6 is 0 Å². The summed E-state index contributed by atoms with van der Waals surface area (Å²) in [6.45, 7) is 2.23. The zero-order valence-electron chi connectivity index (χ0n) is 10.2. The molecule has 2 heteroatoms. The summed E-state index contributed by atoms with van der Waals surface area (Å²) >= 11 is 0. The zero-order chi connectivity index (χ0) is 11.6. The lowest BCUT2D eigenvalue weighted by molar-refractivity contribution is 0.448. The van der Waals surface area contributed by atoms with Crippen molar-refractivity contribution in [2.75, 3.05) is 0 Å². The molecule has 1 aromatic rings. The molecule has 0 radical (unpaired) electrons. The molecule has 0 unspecified atom stereocenters. The highest BCUT2D eigenvalue weighted by molar-refractivity contribution is 4.98. The Kier molecular flexibility index (Phi) is 6.62. The molecule has 0 fully saturated rings. The Morgan fingerprint density at radius 3 is 2.38 bits per heavy atom. The molecule has 1 aromatic heterocycles. The maximum atomic E-state index is 10.9. The van der Waals surface area contributed by atoms with Crippen molar-refractivity contribution in [2.45, 2.75) is 58.3 Å². The minimum Gasteiger partial charge on any atom is -0.428 e. The summed E-state index contributed by atoms with van der Waals surface area (Å²) in [5.74, 6) is 0.820. The van der Waals surface area contributed by atoms with E-state index in [1.807, 2.05) is 6.07 Å². The first-order valence-electron chi connectivity index (χ1n) is 6.42. The largest absolute Gasteiger partial charge is 0.428 e. The average Bonchev–Trinajstić information content (AvgIpc) is 2.28. The maximum absolute atomic E-state index is 10.9. The minimum atomic E-state index is -0.236. The van der Waals surface area contributed by atoms with Crippen LogP contribution in [0.2, 0.25) is 0 Å². The molecular formula is C14H22O2. The molecule has 0 aromatic carbocycles. The SMILES string of the molecule is CCCCCCCCCc1cccc(=O)o1. The number of hydrogen-bond donors (Lipinski definition) is 0. The predicted octanol–water partition coefficient (Wildman–Crippen LogP) is 3.93. The Bertz CT molecular complexity index is 328. The van der Waals surface area contributed by atoms with Crippen molar-refractivity contribution < 1.29 is 4.42 Å². The van der Waals surface area contributed by atoms with Crippen LogP contribution in [0.25, 0.3) is 0 Å². The van der Waals surface area contributed by atoms with Crippen LogP contribution in [0.3, 0.4) is 0 Å². The van der Waals surface area contributed by atoms with Crippen LogP contribution in [0.4, 0.5) is 0 Å². The van der Waals surface area contributed by atoms with Gasteiger partial charge >= 0.3 is 5.63 Å². The van der Waals surface area contributed by atoms with Gasteiger partial charge in [0, 0.05) is 12.5 Å². The lowest BCUT2D eigenvalue weighted by atomic mass is 10.1. The Balaban J connectivity index is 2.05. The van der Waals surface area contributed by atoms with Gasteiger partial charge in [0.05, 0.1) is 0 Å². The first kappa shape index (κ1) is 13.0. The van der Waals surface area contributed by atoms with Gasteiger partial charge in [0.2, 0.25) is 0 Å². The van der Waals surface area contributed by atoms with Crippen molar-refractivity contribution >= 4 is 0 Å². The molecule has 0 bridgehead atoms. The standard InChI is InChI=1S/C14H22O2/c1-2-3-4-5-6-7-8-10-13-11-9-12-14(15)16-13/h9,11-12H,2-8,10H2,1H3. The van der Waals surface area contributed by atoms with Crippen molar-refractivity contribution in [1.82, 2.24) is 0 Å². The van der Waals surface area contributed by atoms with E-state index in [0.29, 0.717) is 0 Å². The summed E-state index contributed by atoms with van der Waals surface area (Å²) in [4.78, 5) is 10.9. The molecule has 0 aliphatic carbocycles. The van der Waals surface area contributed by atoms with Crippen LogP contribution < -0.4 is 5.63 Å². The molecule has 0 N–H and O–H groups in total. The molecule has 0 saturated heterocycles. The van der Waals surface area contributed by atoms with E-state index >= 15 is 0 Å². The number of hydrogen-bond acceptors (Lipinski definition) is 2. The maximum Gasteiger partial charge on any atom is 0.335 e. The van der Waals surface area contributed by atoms with Gasteiger partial charge in [-0.2, -0.15) is 0 Å².